The van der Waals surface area contributed by atoms with Crippen molar-refractivity contribution in [1.82, 2.24) is 9.88 Å². The Kier molecular flexibility index (Phi) is 4.71. The van der Waals surface area contributed by atoms with Crippen LogP contribution in [0.15, 0.2) is 34.8 Å². The molecule has 0 aliphatic heterocycles. The van der Waals surface area contributed by atoms with Crippen LogP contribution in [0.2, 0.25) is 0 Å². The Labute approximate surface area is 137 Å². The van der Waals surface area contributed by atoms with Crippen LogP contribution in [0.1, 0.15) is 28.7 Å². The molecule has 0 saturated heterocycles. The van der Waals surface area contributed by atoms with E-state index in [0.29, 0.717) is 5.56 Å². The van der Waals surface area contributed by atoms with Gasteiger partial charge in [0, 0.05) is 21.5 Å². The summed E-state index contributed by atoms with van der Waals surface area (Å²) >= 11 is 3.44. The third-order valence-electron chi connectivity index (χ3n) is 3.46. The monoisotopic (exact) mass is 364 g/mol. The molecule has 22 heavy (non-hydrogen) atoms. The number of aliphatic carboxylic acids is 1. The van der Waals surface area contributed by atoms with Crippen LogP contribution in [-0.4, -0.2) is 27.6 Å². The van der Waals surface area contributed by atoms with E-state index in [-0.39, 0.29) is 5.91 Å². The van der Waals surface area contributed by atoms with Crippen LogP contribution >= 0.6 is 15.9 Å². The molecule has 1 amide bonds. The summed E-state index contributed by atoms with van der Waals surface area (Å²) in [4.78, 5) is 23.1. The summed E-state index contributed by atoms with van der Waals surface area (Å²) < 4.78 is 2.91. The molecular formula is C16H17BrN2O3. The lowest BCUT2D eigenvalue weighted by molar-refractivity contribution is -0.138. The second kappa shape index (κ2) is 6.36. The van der Waals surface area contributed by atoms with Gasteiger partial charge in [0.1, 0.15) is 6.04 Å². The van der Waals surface area contributed by atoms with Crippen molar-refractivity contribution in [3.63, 3.8) is 0 Å². The molecule has 1 unspecified atom stereocenters. The maximum atomic E-state index is 12.2. The van der Waals surface area contributed by atoms with E-state index in [1.165, 1.54) is 6.92 Å². The first-order chi connectivity index (χ1) is 10.3. The number of carboxylic acids is 1. The summed E-state index contributed by atoms with van der Waals surface area (Å²) in [5, 5.41) is 11.4. The van der Waals surface area contributed by atoms with Gasteiger partial charge in [0.15, 0.2) is 0 Å². The number of aryl methyl sites for hydroxylation is 1. The van der Waals surface area contributed by atoms with Gasteiger partial charge < -0.3 is 15.0 Å². The van der Waals surface area contributed by atoms with Crippen LogP contribution in [0, 0.1) is 13.8 Å². The summed E-state index contributed by atoms with van der Waals surface area (Å²) in [5.74, 6) is -1.45. The first-order valence-electron chi connectivity index (χ1n) is 6.80. The minimum Gasteiger partial charge on any atom is -0.480 e. The van der Waals surface area contributed by atoms with Gasteiger partial charge >= 0.3 is 5.97 Å². The largest absolute Gasteiger partial charge is 0.480 e. The molecule has 0 aliphatic carbocycles. The highest BCUT2D eigenvalue weighted by Crippen LogP contribution is 2.23. The topological polar surface area (TPSA) is 71.3 Å². The Hall–Kier alpha value is -2.08. The van der Waals surface area contributed by atoms with Crippen LogP contribution in [0.5, 0.6) is 0 Å². The van der Waals surface area contributed by atoms with Gasteiger partial charge in [-0.2, -0.15) is 0 Å². The number of carbonyl (C=O) groups is 2. The fourth-order valence-corrected chi connectivity index (χ4v) is 2.73. The molecule has 1 aromatic heterocycles. The van der Waals surface area contributed by atoms with E-state index < -0.39 is 12.0 Å². The molecule has 1 aromatic carbocycles. The summed E-state index contributed by atoms with van der Waals surface area (Å²) in [6.45, 7) is 5.19. The van der Waals surface area contributed by atoms with E-state index in [1.807, 2.05) is 42.7 Å². The fourth-order valence-electron chi connectivity index (χ4n) is 2.34. The molecule has 1 atom stereocenters. The standard InChI is InChI=1S/C16H17BrN2O3/c1-9-7-14(15(20)18-10(2)16(21)22)11(3)19(9)13-6-4-5-12(17)8-13/h4-8,10H,1-3H3,(H,18,20)(H,21,22). The first kappa shape index (κ1) is 16.3. The number of hydrogen-bond donors (Lipinski definition) is 2. The van der Waals surface area contributed by atoms with E-state index in [2.05, 4.69) is 21.2 Å². The van der Waals surface area contributed by atoms with Crippen LogP contribution in [0.3, 0.4) is 0 Å². The number of nitrogens with one attached hydrogen (secondary N) is 1. The van der Waals surface area contributed by atoms with Crippen molar-refractivity contribution in [3.8, 4) is 5.69 Å². The minimum atomic E-state index is -1.06. The summed E-state index contributed by atoms with van der Waals surface area (Å²) in [6.07, 6.45) is 0. The van der Waals surface area contributed by atoms with Crippen LogP contribution in [-0.2, 0) is 4.79 Å². The predicted molar refractivity (Wildman–Crippen MR) is 87.5 cm³/mol. The SMILES string of the molecule is Cc1cc(C(=O)NC(C)C(=O)O)c(C)n1-c1cccc(Br)c1. The Bertz CT molecular complexity index is 737. The molecule has 0 bridgehead atoms. The Morgan fingerprint density at radius 2 is 1.95 bits per heavy atom. The average Bonchev–Trinajstić information content (AvgIpc) is 2.73. The van der Waals surface area contributed by atoms with Crippen molar-refractivity contribution in [1.29, 1.82) is 0 Å². The summed E-state index contributed by atoms with van der Waals surface area (Å²) in [7, 11) is 0. The highest BCUT2D eigenvalue weighted by Gasteiger charge is 2.20. The number of halogens is 1. The lowest BCUT2D eigenvalue weighted by atomic mass is 10.2. The zero-order chi connectivity index (χ0) is 16.4. The molecule has 0 aliphatic rings. The molecule has 0 fully saturated rings. The molecule has 2 rings (SSSR count). The van der Waals surface area contributed by atoms with Crippen LogP contribution in [0.25, 0.3) is 5.69 Å². The molecule has 0 spiro atoms. The molecule has 0 radical (unpaired) electrons. The van der Waals surface area contributed by atoms with E-state index in [9.17, 15) is 9.59 Å². The molecular weight excluding hydrogens is 348 g/mol. The van der Waals surface area contributed by atoms with Gasteiger partial charge in [0.2, 0.25) is 0 Å². The number of rotatable bonds is 4. The Morgan fingerprint density at radius 3 is 2.55 bits per heavy atom. The van der Waals surface area contributed by atoms with E-state index >= 15 is 0 Å². The second-order valence-corrected chi connectivity index (χ2v) is 6.05. The summed E-state index contributed by atoms with van der Waals surface area (Å²) in [5.41, 5.74) is 3.09. The number of hydrogen-bond acceptors (Lipinski definition) is 2. The molecule has 1 heterocycles. The highest BCUT2D eigenvalue weighted by atomic mass is 79.9. The lowest BCUT2D eigenvalue weighted by Gasteiger charge is -2.11. The van der Waals surface area contributed by atoms with Crippen molar-refractivity contribution < 1.29 is 14.7 Å². The number of carboxylic acid groups (broad SMARTS) is 1. The smallest absolute Gasteiger partial charge is 0.325 e. The van der Waals surface area contributed by atoms with Gasteiger partial charge in [0.05, 0.1) is 5.56 Å². The van der Waals surface area contributed by atoms with E-state index in [1.54, 1.807) is 6.07 Å². The highest BCUT2D eigenvalue weighted by molar-refractivity contribution is 9.10. The van der Waals surface area contributed by atoms with Crippen LogP contribution < -0.4 is 5.32 Å². The number of amides is 1. The maximum Gasteiger partial charge on any atom is 0.325 e. The molecule has 0 saturated carbocycles. The van der Waals surface area contributed by atoms with Gasteiger partial charge in [-0.05, 0) is 45.0 Å². The number of nitrogens with zero attached hydrogens (tertiary/aromatic N) is 1. The normalized spacial score (nSPS) is 12.0. The average molecular weight is 365 g/mol. The van der Waals surface area contributed by atoms with Gasteiger partial charge in [-0.1, -0.05) is 22.0 Å². The number of benzene rings is 1. The van der Waals surface area contributed by atoms with Gasteiger partial charge in [0.25, 0.3) is 5.91 Å². The number of carbonyl (C=O) groups excluding carboxylic acids is 1. The van der Waals surface area contributed by atoms with E-state index in [4.69, 9.17) is 5.11 Å². The zero-order valence-electron chi connectivity index (χ0n) is 12.6. The molecule has 2 aromatic rings. The fraction of sp³-hybridized carbons (Fsp3) is 0.250. The third kappa shape index (κ3) is 3.22. The van der Waals surface area contributed by atoms with Crippen LogP contribution in [0.4, 0.5) is 0 Å². The molecule has 5 nitrogen and oxygen atoms in total. The number of aromatic nitrogens is 1. The second-order valence-electron chi connectivity index (χ2n) is 5.13. The van der Waals surface area contributed by atoms with Crippen molar-refractivity contribution in [2.75, 3.05) is 0 Å². The predicted octanol–water partition coefficient (Wildman–Crippen LogP) is 3.06. The van der Waals surface area contributed by atoms with Crippen molar-refractivity contribution in [2.45, 2.75) is 26.8 Å². The minimum absolute atomic E-state index is 0.385. The van der Waals surface area contributed by atoms with Gasteiger partial charge in [-0.25, -0.2) is 0 Å². The van der Waals surface area contributed by atoms with Crippen molar-refractivity contribution in [2.24, 2.45) is 0 Å². The van der Waals surface area contributed by atoms with Crippen molar-refractivity contribution >= 4 is 27.8 Å². The zero-order valence-corrected chi connectivity index (χ0v) is 14.1. The summed E-state index contributed by atoms with van der Waals surface area (Å²) in [6, 6.07) is 8.60. The molecule has 2 N–H and O–H groups in total. The third-order valence-corrected chi connectivity index (χ3v) is 3.95. The van der Waals surface area contributed by atoms with E-state index in [0.717, 1.165) is 21.5 Å². The Balaban J connectivity index is 2.39. The maximum absolute atomic E-state index is 12.2. The van der Waals surface area contributed by atoms with Gasteiger partial charge in [-0.15, -0.1) is 0 Å². The van der Waals surface area contributed by atoms with Gasteiger partial charge in [-0.3, -0.25) is 9.59 Å². The molecule has 116 valence electrons. The lowest BCUT2D eigenvalue weighted by Crippen LogP contribution is -2.38. The molecule has 6 heteroatoms. The Morgan fingerprint density at radius 1 is 1.27 bits per heavy atom. The van der Waals surface area contributed by atoms with Crippen molar-refractivity contribution in [3.05, 3.63) is 51.8 Å². The quantitative estimate of drug-likeness (QED) is 0.875. The first-order valence-corrected chi connectivity index (χ1v) is 7.59.